The Hall–Kier alpha value is -4.06. The smallest absolute Gasteiger partial charge is 0.313 e. The highest BCUT2D eigenvalue weighted by molar-refractivity contribution is 6.01. The van der Waals surface area contributed by atoms with Gasteiger partial charge >= 0.3 is 5.97 Å². The fourth-order valence-electron chi connectivity index (χ4n) is 3.50. The molecule has 0 aliphatic heterocycles. The van der Waals surface area contributed by atoms with Gasteiger partial charge in [-0.15, -0.1) is 0 Å². The zero-order chi connectivity index (χ0) is 22.7. The van der Waals surface area contributed by atoms with Gasteiger partial charge in [0.15, 0.2) is 6.10 Å². The van der Waals surface area contributed by atoms with E-state index in [1.807, 2.05) is 38.1 Å². The molecule has 0 unspecified atom stereocenters. The maximum atomic E-state index is 13.2. The highest BCUT2D eigenvalue weighted by Crippen LogP contribution is 2.25. The second kappa shape index (κ2) is 8.98. The molecule has 0 aliphatic rings. The van der Waals surface area contributed by atoms with Crippen LogP contribution in [0.5, 0.6) is 0 Å². The molecule has 0 bridgehead atoms. The second-order valence-electron chi connectivity index (χ2n) is 7.73. The molecule has 0 amide bonds. The molecule has 0 radical (unpaired) electrons. The lowest BCUT2D eigenvalue weighted by molar-refractivity contribution is -0.146. The molecule has 6 nitrogen and oxygen atoms in total. The number of esters is 1. The number of carbonyl (C=O) groups excluding carboxylic acids is 2. The van der Waals surface area contributed by atoms with E-state index in [4.69, 9.17) is 4.74 Å². The van der Waals surface area contributed by atoms with Gasteiger partial charge < -0.3 is 4.74 Å². The summed E-state index contributed by atoms with van der Waals surface area (Å²) in [4.78, 5) is 38.1. The molecule has 3 aromatic carbocycles. The van der Waals surface area contributed by atoms with Crippen molar-refractivity contribution in [2.75, 3.05) is 0 Å². The standard InChI is InChI=1S/C26H22N2O4/c1-16-7-11-18(12-8-16)24(30)25(19-13-9-17(2)10-14-19)32-23(29)15-22-20-5-3-4-6-21(20)26(31)28-27-22/h3-14,25H,15H2,1-2H3,(H,28,31)/t25-/m1/s1. The number of hydrogen-bond acceptors (Lipinski definition) is 5. The first-order valence-electron chi connectivity index (χ1n) is 10.3. The van der Waals surface area contributed by atoms with Crippen molar-refractivity contribution < 1.29 is 14.3 Å². The first-order chi connectivity index (χ1) is 15.4. The Morgan fingerprint density at radius 3 is 2.12 bits per heavy atom. The fourth-order valence-corrected chi connectivity index (χ4v) is 3.50. The minimum atomic E-state index is -1.08. The van der Waals surface area contributed by atoms with Crippen LogP contribution in [0, 0.1) is 13.8 Å². The van der Waals surface area contributed by atoms with E-state index in [0.29, 0.717) is 27.6 Å². The maximum Gasteiger partial charge on any atom is 0.313 e. The average Bonchev–Trinajstić information content (AvgIpc) is 2.80. The van der Waals surface area contributed by atoms with Gasteiger partial charge in [0, 0.05) is 16.5 Å². The highest BCUT2D eigenvalue weighted by atomic mass is 16.5. The predicted octanol–water partition coefficient (Wildman–Crippen LogP) is 4.25. The van der Waals surface area contributed by atoms with Gasteiger partial charge in [0.2, 0.25) is 5.78 Å². The van der Waals surface area contributed by atoms with Crippen LogP contribution in [0.2, 0.25) is 0 Å². The van der Waals surface area contributed by atoms with Crippen molar-refractivity contribution in [1.82, 2.24) is 10.2 Å². The van der Waals surface area contributed by atoms with Gasteiger partial charge in [-0.05, 0) is 19.9 Å². The van der Waals surface area contributed by atoms with E-state index in [1.54, 1.807) is 48.5 Å². The van der Waals surface area contributed by atoms with Crippen molar-refractivity contribution in [3.05, 3.63) is 111 Å². The van der Waals surface area contributed by atoms with Crippen LogP contribution in [-0.4, -0.2) is 21.9 Å². The Balaban J connectivity index is 1.64. The molecule has 0 aliphatic carbocycles. The number of nitrogens with one attached hydrogen (secondary N) is 1. The number of aromatic nitrogens is 2. The normalized spacial score (nSPS) is 11.8. The Kier molecular flexibility index (Phi) is 5.94. The average molecular weight is 426 g/mol. The summed E-state index contributed by atoms with van der Waals surface area (Å²) < 4.78 is 5.69. The molecule has 4 rings (SSSR count). The third-order valence-electron chi connectivity index (χ3n) is 5.29. The van der Waals surface area contributed by atoms with Crippen LogP contribution in [-0.2, 0) is 16.0 Å². The quantitative estimate of drug-likeness (QED) is 0.368. The van der Waals surface area contributed by atoms with Crippen molar-refractivity contribution in [1.29, 1.82) is 0 Å². The summed E-state index contributed by atoms with van der Waals surface area (Å²) in [6.45, 7) is 3.88. The van der Waals surface area contributed by atoms with Gasteiger partial charge in [-0.1, -0.05) is 77.9 Å². The van der Waals surface area contributed by atoms with Crippen LogP contribution in [0.25, 0.3) is 10.8 Å². The number of ether oxygens (including phenoxy) is 1. The summed E-state index contributed by atoms with van der Waals surface area (Å²) in [6.07, 6.45) is -1.26. The number of Topliss-reactive ketones (excluding diaryl/α,β-unsaturated/α-hetero) is 1. The summed E-state index contributed by atoms with van der Waals surface area (Å²) in [5.41, 5.74) is 3.17. The molecule has 1 atom stereocenters. The maximum absolute atomic E-state index is 13.2. The van der Waals surface area contributed by atoms with Gasteiger partial charge in [0.25, 0.3) is 5.56 Å². The predicted molar refractivity (Wildman–Crippen MR) is 122 cm³/mol. The second-order valence-corrected chi connectivity index (χ2v) is 7.73. The SMILES string of the molecule is Cc1ccc(C(=O)[C@H](OC(=O)Cc2n[nH]c(=O)c3ccccc23)c2ccc(C)cc2)cc1. The Labute approximate surface area is 184 Å². The molecular formula is C26H22N2O4. The molecule has 0 spiro atoms. The molecule has 0 fully saturated rings. The van der Waals surface area contributed by atoms with Crippen LogP contribution in [0.15, 0.2) is 77.6 Å². The van der Waals surface area contributed by atoms with E-state index >= 15 is 0 Å². The molecular weight excluding hydrogens is 404 g/mol. The molecule has 160 valence electrons. The van der Waals surface area contributed by atoms with Crippen molar-refractivity contribution in [3.8, 4) is 0 Å². The first kappa shape index (κ1) is 21.2. The largest absolute Gasteiger partial charge is 0.449 e. The monoisotopic (exact) mass is 426 g/mol. The van der Waals surface area contributed by atoms with E-state index in [9.17, 15) is 14.4 Å². The number of ketones is 1. The van der Waals surface area contributed by atoms with E-state index < -0.39 is 12.1 Å². The molecule has 0 saturated carbocycles. The van der Waals surface area contributed by atoms with E-state index in [-0.39, 0.29) is 17.8 Å². The number of aromatic amines is 1. The van der Waals surface area contributed by atoms with Crippen LogP contribution in [0.1, 0.15) is 38.8 Å². The third kappa shape index (κ3) is 4.49. The molecule has 32 heavy (non-hydrogen) atoms. The number of carbonyl (C=O) groups is 2. The number of fused-ring (bicyclic) bond motifs is 1. The molecule has 1 aromatic heterocycles. The molecule has 4 aromatic rings. The zero-order valence-electron chi connectivity index (χ0n) is 17.8. The summed E-state index contributed by atoms with van der Waals surface area (Å²) >= 11 is 0. The van der Waals surface area contributed by atoms with E-state index in [0.717, 1.165) is 11.1 Å². The van der Waals surface area contributed by atoms with Gasteiger partial charge in [-0.3, -0.25) is 14.4 Å². The van der Waals surface area contributed by atoms with Gasteiger partial charge in [0.05, 0.1) is 17.5 Å². The lowest BCUT2D eigenvalue weighted by atomic mass is 9.98. The number of rotatable bonds is 6. The third-order valence-corrected chi connectivity index (χ3v) is 5.29. The van der Waals surface area contributed by atoms with Crippen molar-refractivity contribution in [2.45, 2.75) is 26.4 Å². The van der Waals surface area contributed by atoms with Gasteiger partial charge in [-0.2, -0.15) is 5.10 Å². The van der Waals surface area contributed by atoms with Crippen LogP contribution >= 0.6 is 0 Å². The molecule has 1 heterocycles. The number of hydrogen-bond donors (Lipinski definition) is 1. The van der Waals surface area contributed by atoms with Crippen molar-refractivity contribution in [2.24, 2.45) is 0 Å². The summed E-state index contributed by atoms with van der Waals surface area (Å²) in [5, 5.41) is 7.46. The lowest BCUT2D eigenvalue weighted by Gasteiger charge is -2.18. The number of aryl methyl sites for hydroxylation is 2. The highest BCUT2D eigenvalue weighted by Gasteiger charge is 2.27. The van der Waals surface area contributed by atoms with Crippen molar-refractivity contribution >= 4 is 22.5 Å². The van der Waals surface area contributed by atoms with Gasteiger partial charge in [-0.25, -0.2) is 5.10 Å². The Morgan fingerprint density at radius 1 is 0.875 bits per heavy atom. The summed E-state index contributed by atoms with van der Waals surface area (Å²) in [5.74, 6) is -0.915. The lowest BCUT2D eigenvalue weighted by Crippen LogP contribution is -2.22. The van der Waals surface area contributed by atoms with Crippen LogP contribution in [0.3, 0.4) is 0 Å². The minimum Gasteiger partial charge on any atom is -0.449 e. The summed E-state index contributed by atoms with van der Waals surface area (Å²) in [6, 6.07) is 21.4. The molecule has 1 N–H and O–H groups in total. The Morgan fingerprint density at radius 2 is 1.47 bits per heavy atom. The van der Waals surface area contributed by atoms with Gasteiger partial charge in [0.1, 0.15) is 0 Å². The number of nitrogens with zero attached hydrogens (tertiary/aromatic N) is 1. The van der Waals surface area contributed by atoms with Crippen LogP contribution in [0.4, 0.5) is 0 Å². The number of H-pyrrole nitrogens is 1. The fraction of sp³-hybridized carbons (Fsp3) is 0.154. The van der Waals surface area contributed by atoms with E-state index in [1.165, 1.54) is 0 Å². The molecule has 0 saturated heterocycles. The van der Waals surface area contributed by atoms with Crippen LogP contribution < -0.4 is 5.56 Å². The zero-order valence-corrected chi connectivity index (χ0v) is 17.8. The first-order valence-corrected chi connectivity index (χ1v) is 10.3. The minimum absolute atomic E-state index is 0.180. The summed E-state index contributed by atoms with van der Waals surface area (Å²) in [7, 11) is 0. The number of benzene rings is 3. The van der Waals surface area contributed by atoms with Crippen molar-refractivity contribution in [3.63, 3.8) is 0 Å². The Bertz CT molecular complexity index is 1340. The van der Waals surface area contributed by atoms with E-state index in [2.05, 4.69) is 10.2 Å². The molecule has 6 heteroatoms. The topological polar surface area (TPSA) is 89.1 Å².